The van der Waals surface area contributed by atoms with E-state index in [1.165, 1.54) is 0 Å². The van der Waals surface area contributed by atoms with E-state index >= 15 is 0 Å². The zero-order valence-electron chi connectivity index (χ0n) is 14.8. The van der Waals surface area contributed by atoms with Crippen LogP contribution in [0.2, 0.25) is 0 Å². The van der Waals surface area contributed by atoms with Crippen LogP contribution in [-0.4, -0.2) is 21.3 Å². The molecule has 138 valence electrons. The Morgan fingerprint density at radius 1 is 0.893 bits per heavy atom. The van der Waals surface area contributed by atoms with Gasteiger partial charge in [0.05, 0.1) is 5.56 Å². The predicted molar refractivity (Wildman–Crippen MR) is 118 cm³/mol. The van der Waals surface area contributed by atoms with E-state index in [2.05, 4.69) is 49.8 Å². The summed E-state index contributed by atoms with van der Waals surface area (Å²) in [6.07, 6.45) is 0. The molecule has 0 saturated heterocycles. The van der Waals surface area contributed by atoms with Crippen LogP contribution in [0.3, 0.4) is 0 Å². The normalized spacial score (nSPS) is 10.8. The topological polar surface area (TPSA) is 66.3 Å². The van der Waals surface area contributed by atoms with Gasteiger partial charge >= 0.3 is 5.97 Å². The van der Waals surface area contributed by atoms with Gasteiger partial charge in [-0.3, -0.25) is 0 Å². The van der Waals surface area contributed by atoms with Crippen LogP contribution in [0.15, 0.2) is 78.9 Å². The fourth-order valence-corrected chi connectivity index (χ4v) is 3.66. The molecule has 1 N–H and O–H groups in total. The summed E-state index contributed by atoms with van der Waals surface area (Å²) in [4.78, 5) is 13.5. The molecule has 4 rings (SSSR count). The highest BCUT2D eigenvalue weighted by atomic mass is 127. The van der Waals surface area contributed by atoms with Crippen molar-refractivity contribution < 1.29 is 9.90 Å². The number of aromatic carboxylic acids is 1. The summed E-state index contributed by atoms with van der Waals surface area (Å²) in [5.41, 5.74) is 2.37. The molecule has 6 heteroatoms. The number of aromatic nitrogens is 2. The number of fused-ring (bicyclic) bond motifs is 1. The highest BCUT2D eigenvalue weighted by Crippen LogP contribution is 2.33. The molecule has 0 aliphatic heterocycles. The highest BCUT2D eigenvalue weighted by Gasteiger charge is 2.18. The standard InChI is InChI=1S/C22H16IN3O2/c23-20-19-13-16(22(27)28)11-12-18(19)21(25-24-20)26(17-9-5-2-6-10-17)14-15-7-3-1-4-8-15/h1-13H,14H2,(H,27,28). The summed E-state index contributed by atoms with van der Waals surface area (Å²) < 4.78 is 0.673. The molecule has 3 aromatic carbocycles. The number of halogens is 1. The Morgan fingerprint density at radius 2 is 1.57 bits per heavy atom. The van der Waals surface area contributed by atoms with Crippen molar-refractivity contribution in [2.45, 2.75) is 6.54 Å². The quantitative estimate of drug-likeness (QED) is 0.394. The van der Waals surface area contributed by atoms with Crippen LogP contribution < -0.4 is 4.90 Å². The zero-order valence-corrected chi connectivity index (χ0v) is 16.9. The molecule has 0 amide bonds. The lowest BCUT2D eigenvalue weighted by Gasteiger charge is -2.25. The molecule has 0 saturated carbocycles. The zero-order chi connectivity index (χ0) is 19.5. The second kappa shape index (κ2) is 7.93. The Morgan fingerprint density at radius 3 is 2.25 bits per heavy atom. The number of para-hydroxylation sites is 1. The van der Waals surface area contributed by atoms with Gasteiger partial charge < -0.3 is 10.0 Å². The van der Waals surface area contributed by atoms with Crippen LogP contribution in [0.4, 0.5) is 11.5 Å². The Hall–Kier alpha value is -3.00. The van der Waals surface area contributed by atoms with E-state index in [1.54, 1.807) is 12.1 Å². The molecule has 0 unspecified atom stereocenters. The number of anilines is 2. The molecule has 0 spiro atoms. The number of carbonyl (C=O) groups is 1. The van der Waals surface area contributed by atoms with Gasteiger partial charge in [0.15, 0.2) is 5.82 Å². The third-order valence-corrected chi connectivity index (χ3v) is 5.27. The smallest absolute Gasteiger partial charge is 0.335 e. The van der Waals surface area contributed by atoms with Gasteiger partial charge in [0.25, 0.3) is 0 Å². The van der Waals surface area contributed by atoms with Crippen molar-refractivity contribution in [3.8, 4) is 0 Å². The first-order chi connectivity index (χ1) is 13.6. The Bertz CT molecular complexity index is 1130. The molecule has 0 fully saturated rings. The van der Waals surface area contributed by atoms with Crippen molar-refractivity contribution in [3.63, 3.8) is 0 Å². The lowest BCUT2D eigenvalue weighted by Crippen LogP contribution is -2.19. The number of carboxylic acids is 1. The molecule has 0 bridgehead atoms. The van der Waals surface area contributed by atoms with Gasteiger partial charge in [0.1, 0.15) is 3.70 Å². The van der Waals surface area contributed by atoms with Gasteiger partial charge in [-0.05, 0) is 58.5 Å². The van der Waals surface area contributed by atoms with Gasteiger partial charge in [-0.2, -0.15) is 0 Å². The molecule has 0 radical (unpaired) electrons. The van der Waals surface area contributed by atoms with E-state index in [0.29, 0.717) is 16.1 Å². The predicted octanol–water partition coefficient (Wildman–Crippen LogP) is 5.27. The summed E-state index contributed by atoms with van der Waals surface area (Å²) in [6, 6.07) is 25.2. The van der Waals surface area contributed by atoms with Gasteiger partial charge in [-0.15, -0.1) is 10.2 Å². The average molecular weight is 481 g/mol. The molecule has 1 aromatic heterocycles. The molecule has 0 aliphatic carbocycles. The van der Waals surface area contributed by atoms with E-state index in [0.717, 1.165) is 22.0 Å². The number of carboxylic acid groups (broad SMARTS) is 1. The van der Waals surface area contributed by atoms with Gasteiger partial charge in [-0.1, -0.05) is 48.5 Å². The lowest BCUT2D eigenvalue weighted by molar-refractivity contribution is 0.0697. The largest absolute Gasteiger partial charge is 0.478 e. The summed E-state index contributed by atoms with van der Waals surface area (Å²) in [5, 5.41) is 19.8. The number of hydrogen-bond donors (Lipinski definition) is 1. The third kappa shape index (κ3) is 3.68. The second-order valence-corrected chi connectivity index (χ2v) is 7.31. The van der Waals surface area contributed by atoms with Crippen LogP contribution in [0.25, 0.3) is 10.8 Å². The average Bonchev–Trinajstić information content (AvgIpc) is 2.74. The molecule has 4 aromatic rings. The number of benzene rings is 3. The van der Waals surface area contributed by atoms with Crippen LogP contribution in [0.1, 0.15) is 15.9 Å². The third-order valence-electron chi connectivity index (χ3n) is 4.47. The first-order valence-corrected chi connectivity index (χ1v) is 9.77. The first-order valence-electron chi connectivity index (χ1n) is 8.69. The SMILES string of the molecule is O=C(O)c1ccc2c(N(Cc3ccccc3)c3ccccc3)nnc(I)c2c1. The van der Waals surface area contributed by atoms with Crippen molar-refractivity contribution in [2.24, 2.45) is 0 Å². The van der Waals surface area contributed by atoms with Gasteiger partial charge in [0, 0.05) is 23.0 Å². The van der Waals surface area contributed by atoms with Gasteiger partial charge in [-0.25, -0.2) is 4.79 Å². The van der Waals surface area contributed by atoms with Crippen LogP contribution in [0, 0.1) is 3.70 Å². The molecular weight excluding hydrogens is 465 g/mol. The van der Waals surface area contributed by atoms with E-state index in [-0.39, 0.29) is 5.56 Å². The fraction of sp³-hybridized carbons (Fsp3) is 0.0455. The highest BCUT2D eigenvalue weighted by molar-refractivity contribution is 14.1. The van der Waals surface area contributed by atoms with Crippen molar-refractivity contribution in [3.05, 3.63) is 93.7 Å². The monoisotopic (exact) mass is 481 g/mol. The van der Waals surface area contributed by atoms with Crippen molar-refractivity contribution >= 4 is 50.8 Å². The van der Waals surface area contributed by atoms with Gasteiger partial charge in [0.2, 0.25) is 0 Å². The summed E-state index contributed by atoms with van der Waals surface area (Å²) in [7, 11) is 0. The summed E-state index contributed by atoms with van der Waals surface area (Å²) >= 11 is 2.09. The molecule has 5 nitrogen and oxygen atoms in total. The molecule has 0 atom stereocenters. The molecular formula is C22H16IN3O2. The lowest BCUT2D eigenvalue weighted by atomic mass is 10.1. The molecule has 28 heavy (non-hydrogen) atoms. The van der Waals surface area contributed by atoms with E-state index < -0.39 is 5.97 Å². The first kappa shape index (κ1) is 18.4. The molecule has 1 heterocycles. The van der Waals surface area contributed by atoms with Crippen LogP contribution in [0.5, 0.6) is 0 Å². The Kier molecular flexibility index (Phi) is 5.21. The minimum Gasteiger partial charge on any atom is -0.478 e. The van der Waals surface area contributed by atoms with E-state index in [1.807, 2.05) is 54.6 Å². The van der Waals surface area contributed by atoms with E-state index in [4.69, 9.17) is 0 Å². The fourth-order valence-electron chi connectivity index (χ4n) is 3.10. The number of nitrogens with zero attached hydrogens (tertiary/aromatic N) is 3. The summed E-state index contributed by atoms with van der Waals surface area (Å²) in [5.74, 6) is -0.261. The minimum atomic E-state index is -0.958. The van der Waals surface area contributed by atoms with Crippen molar-refractivity contribution in [2.75, 3.05) is 4.90 Å². The Balaban J connectivity index is 1.89. The summed E-state index contributed by atoms with van der Waals surface area (Å²) in [6.45, 7) is 0.621. The van der Waals surface area contributed by atoms with Crippen LogP contribution in [-0.2, 0) is 6.54 Å². The van der Waals surface area contributed by atoms with Crippen molar-refractivity contribution in [1.82, 2.24) is 10.2 Å². The Labute approximate surface area is 175 Å². The van der Waals surface area contributed by atoms with E-state index in [9.17, 15) is 9.90 Å². The minimum absolute atomic E-state index is 0.235. The maximum Gasteiger partial charge on any atom is 0.335 e. The number of rotatable bonds is 5. The maximum absolute atomic E-state index is 11.4. The van der Waals surface area contributed by atoms with Crippen molar-refractivity contribution in [1.29, 1.82) is 0 Å². The second-order valence-electron chi connectivity index (χ2n) is 6.29. The number of hydrogen-bond acceptors (Lipinski definition) is 4. The molecule has 0 aliphatic rings. The van der Waals surface area contributed by atoms with Crippen LogP contribution >= 0.6 is 22.6 Å². The maximum atomic E-state index is 11.4.